The maximum atomic E-state index is 5.34. The third-order valence-electron chi connectivity index (χ3n) is 3.13. The molecule has 17 heavy (non-hydrogen) atoms. The molecule has 0 spiro atoms. The predicted molar refractivity (Wildman–Crippen MR) is 64.6 cm³/mol. The summed E-state index contributed by atoms with van der Waals surface area (Å²) in [6, 6.07) is 4.17. The zero-order valence-electron chi connectivity index (χ0n) is 9.96. The van der Waals surface area contributed by atoms with E-state index in [0.29, 0.717) is 0 Å². The summed E-state index contributed by atoms with van der Waals surface area (Å²) in [5.74, 6) is 0. The monoisotopic (exact) mass is 232 g/mol. The lowest BCUT2D eigenvalue weighted by molar-refractivity contribution is 0.0337. The quantitative estimate of drug-likeness (QED) is 0.768. The Bertz CT molecular complexity index is 516. The Labute approximate surface area is 100.0 Å². The summed E-state index contributed by atoms with van der Waals surface area (Å²) < 4.78 is 7.16. The standard InChI is InChI=1S/C12H16N4O/c1-15-12-10(8-13-15)2-3-11(14-12)9-16-4-6-17-7-5-16/h2-3,8H,4-7,9H2,1H3. The SMILES string of the molecule is Cn1ncc2ccc(CN3CCOCC3)nc21. The van der Waals surface area contributed by atoms with Crippen LogP contribution in [-0.4, -0.2) is 46.0 Å². The van der Waals surface area contributed by atoms with Gasteiger partial charge in [-0.05, 0) is 12.1 Å². The Morgan fingerprint density at radius 1 is 1.29 bits per heavy atom. The van der Waals surface area contributed by atoms with Crippen molar-refractivity contribution in [2.45, 2.75) is 6.54 Å². The second kappa shape index (κ2) is 4.43. The first-order chi connectivity index (χ1) is 8.33. The first-order valence-corrected chi connectivity index (χ1v) is 5.91. The van der Waals surface area contributed by atoms with Crippen molar-refractivity contribution in [1.29, 1.82) is 0 Å². The average Bonchev–Trinajstić information content (AvgIpc) is 2.73. The molecule has 3 heterocycles. The molecule has 0 aromatic carbocycles. The first-order valence-electron chi connectivity index (χ1n) is 5.91. The molecule has 1 aliphatic rings. The molecule has 1 aliphatic heterocycles. The molecule has 0 saturated carbocycles. The van der Waals surface area contributed by atoms with E-state index in [1.807, 2.05) is 17.9 Å². The molecule has 0 N–H and O–H groups in total. The van der Waals surface area contributed by atoms with E-state index < -0.39 is 0 Å². The van der Waals surface area contributed by atoms with Gasteiger partial charge < -0.3 is 4.74 Å². The van der Waals surface area contributed by atoms with Crippen LogP contribution in [0.4, 0.5) is 0 Å². The number of hydrogen-bond acceptors (Lipinski definition) is 4. The molecule has 1 saturated heterocycles. The van der Waals surface area contributed by atoms with Crippen LogP contribution in [0.5, 0.6) is 0 Å². The second-order valence-corrected chi connectivity index (χ2v) is 4.37. The van der Waals surface area contributed by atoms with Crippen molar-refractivity contribution in [1.82, 2.24) is 19.7 Å². The molecule has 2 aromatic rings. The molecule has 3 rings (SSSR count). The summed E-state index contributed by atoms with van der Waals surface area (Å²) in [4.78, 5) is 7.02. The zero-order valence-corrected chi connectivity index (χ0v) is 9.96. The summed E-state index contributed by atoms with van der Waals surface area (Å²) in [5.41, 5.74) is 2.05. The molecule has 5 nitrogen and oxygen atoms in total. The van der Waals surface area contributed by atoms with E-state index >= 15 is 0 Å². The van der Waals surface area contributed by atoms with Crippen molar-refractivity contribution in [3.63, 3.8) is 0 Å². The molecule has 0 atom stereocenters. The van der Waals surface area contributed by atoms with E-state index in [-0.39, 0.29) is 0 Å². The van der Waals surface area contributed by atoms with E-state index in [0.717, 1.165) is 49.6 Å². The number of morpholine rings is 1. The Kier molecular flexibility index (Phi) is 2.78. The van der Waals surface area contributed by atoms with Gasteiger partial charge in [0.2, 0.25) is 0 Å². The Morgan fingerprint density at radius 2 is 2.12 bits per heavy atom. The van der Waals surface area contributed by atoms with Gasteiger partial charge in [0.25, 0.3) is 0 Å². The minimum absolute atomic E-state index is 0.827. The van der Waals surface area contributed by atoms with E-state index in [4.69, 9.17) is 4.74 Å². The van der Waals surface area contributed by atoms with Gasteiger partial charge in [-0.25, -0.2) is 4.98 Å². The third kappa shape index (κ3) is 2.16. The fraction of sp³-hybridized carbons (Fsp3) is 0.500. The lowest BCUT2D eigenvalue weighted by Gasteiger charge is -2.26. The normalized spacial score (nSPS) is 17.7. The first kappa shape index (κ1) is 10.7. The summed E-state index contributed by atoms with van der Waals surface area (Å²) in [5, 5.41) is 5.30. The van der Waals surface area contributed by atoms with Crippen LogP contribution in [0.3, 0.4) is 0 Å². The zero-order chi connectivity index (χ0) is 11.7. The largest absolute Gasteiger partial charge is 0.379 e. The van der Waals surface area contributed by atoms with Gasteiger partial charge in [0.1, 0.15) is 0 Å². The van der Waals surface area contributed by atoms with Crippen molar-refractivity contribution < 1.29 is 4.74 Å². The van der Waals surface area contributed by atoms with Crippen LogP contribution in [0.25, 0.3) is 11.0 Å². The number of pyridine rings is 1. The van der Waals surface area contributed by atoms with Crippen LogP contribution in [0, 0.1) is 0 Å². The molecule has 0 bridgehead atoms. The summed E-state index contributed by atoms with van der Waals surface area (Å²) in [6.45, 7) is 4.53. The van der Waals surface area contributed by atoms with E-state index in [2.05, 4.69) is 27.1 Å². The Balaban J connectivity index is 1.82. The van der Waals surface area contributed by atoms with Crippen molar-refractivity contribution in [3.8, 4) is 0 Å². The number of fused-ring (bicyclic) bond motifs is 1. The highest BCUT2D eigenvalue weighted by Crippen LogP contribution is 2.12. The second-order valence-electron chi connectivity index (χ2n) is 4.37. The van der Waals surface area contributed by atoms with Crippen LogP contribution in [-0.2, 0) is 18.3 Å². The lowest BCUT2D eigenvalue weighted by Crippen LogP contribution is -2.35. The summed E-state index contributed by atoms with van der Waals surface area (Å²) >= 11 is 0. The van der Waals surface area contributed by atoms with Gasteiger partial charge in [-0.15, -0.1) is 0 Å². The number of rotatable bonds is 2. The van der Waals surface area contributed by atoms with Crippen molar-refractivity contribution >= 4 is 11.0 Å². The Morgan fingerprint density at radius 3 is 2.94 bits per heavy atom. The van der Waals surface area contributed by atoms with E-state index in [1.54, 1.807) is 0 Å². The number of hydrogen-bond donors (Lipinski definition) is 0. The Hall–Kier alpha value is -1.46. The fourth-order valence-electron chi connectivity index (χ4n) is 2.14. The molecule has 1 fully saturated rings. The lowest BCUT2D eigenvalue weighted by atomic mass is 10.2. The number of nitrogens with zero attached hydrogens (tertiary/aromatic N) is 4. The predicted octanol–water partition coefficient (Wildman–Crippen LogP) is 0.800. The number of aromatic nitrogens is 3. The smallest absolute Gasteiger partial charge is 0.157 e. The van der Waals surface area contributed by atoms with Gasteiger partial charge in [0, 0.05) is 32.1 Å². The molecule has 5 heteroatoms. The molecule has 90 valence electrons. The van der Waals surface area contributed by atoms with Crippen molar-refractivity contribution in [2.75, 3.05) is 26.3 Å². The highest BCUT2D eigenvalue weighted by Gasteiger charge is 2.12. The maximum absolute atomic E-state index is 5.34. The number of ether oxygens (including phenoxy) is 1. The van der Waals surface area contributed by atoms with Gasteiger partial charge in [0.15, 0.2) is 5.65 Å². The van der Waals surface area contributed by atoms with E-state index in [9.17, 15) is 0 Å². The summed E-state index contributed by atoms with van der Waals surface area (Å²) in [6.07, 6.45) is 1.85. The minimum Gasteiger partial charge on any atom is -0.379 e. The van der Waals surface area contributed by atoms with Crippen LogP contribution in [0.1, 0.15) is 5.69 Å². The highest BCUT2D eigenvalue weighted by molar-refractivity contribution is 5.74. The van der Waals surface area contributed by atoms with Crippen molar-refractivity contribution in [3.05, 3.63) is 24.0 Å². The van der Waals surface area contributed by atoms with Gasteiger partial charge in [0.05, 0.1) is 25.1 Å². The molecule has 0 radical (unpaired) electrons. The van der Waals surface area contributed by atoms with Crippen LogP contribution in [0.2, 0.25) is 0 Å². The topological polar surface area (TPSA) is 43.2 Å². The van der Waals surface area contributed by atoms with Crippen LogP contribution in [0.15, 0.2) is 18.3 Å². The minimum atomic E-state index is 0.827. The highest BCUT2D eigenvalue weighted by atomic mass is 16.5. The van der Waals surface area contributed by atoms with Gasteiger partial charge >= 0.3 is 0 Å². The maximum Gasteiger partial charge on any atom is 0.157 e. The molecule has 2 aromatic heterocycles. The number of aryl methyl sites for hydroxylation is 1. The van der Waals surface area contributed by atoms with Gasteiger partial charge in [-0.1, -0.05) is 0 Å². The molecular formula is C12H16N4O. The van der Waals surface area contributed by atoms with Crippen LogP contribution >= 0.6 is 0 Å². The van der Waals surface area contributed by atoms with Gasteiger partial charge in [-0.3, -0.25) is 9.58 Å². The third-order valence-corrected chi connectivity index (χ3v) is 3.13. The van der Waals surface area contributed by atoms with Crippen molar-refractivity contribution in [2.24, 2.45) is 7.05 Å². The molecule has 0 unspecified atom stereocenters. The molecule has 0 aliphatic carbocycles. The summed E-state index contributed by atoms with van der Waals surface area (Å²) in [7, 11) is 1.92. The molecule has 0 amide bonds. The van der Waals surface area contributed by atoms with E-state index in [1.165, 1.54) is 0 Å². The van der Waals surface area contributed by atoms with Crippen LogP contribution < -0.4 is 0 Å². The fourth-order valence-corrected chi connectivity index (χ4v) is 2.14. The molecular weight excluding hydrogens is 216 g/mol. The van der Waals surface area contributed by atoms with Gasteiger partial charge in [-0.2, -0.15) is 5.10 Å². The average molecular weight is 232 g/mol.